The van der Waals surface area contributed by atoms with Crippen molar-refractivity contribution in [1.29, 1.82) is 0 Å². The lowest BCUT2D eigenvalue weighted by molar-refractivity contribution is -0.114. The third kappa shape index (κ3) is 5.37. The molecule has 0 saturated carbocycles. The van der Waals surface area contributed by atoms with Gasteiger partial charge in [-0.15, -0.1) is 0 Å². The van der Waals surface area contributed by atoms with Crippen molar-refractivity contribution >= 4 is 23.4 Å². The molecule has 0 atom stereocenters. The maximum atomic E-state index is 13.4. The van der Waals surface area contributed by atoms with Crippen LogP contribution in [0.3, 0.4) is 0 Å². The van der Waals surface area contributed by atoms with Gasteiger partial charge in [-0.05, 0) is 39.0 Å². The summed E-state index contributed by atoms with van der Waals surface area (Å²) in [6, 6.07) is 3.85. The van der Waals surface area contributed by atoms with Gasteiger partial charge in [-0.2, -0.15) is 0 Å². The SMILES string of the molecule is CC(=O)Nc1cc(NC(=O)OC(C)(C)C)ccc1F. The summed E-state index contributed by atoms with van der Waals surface area (Å²) < 4.78 is 18.4. The van der Waals surface area contributed by atoms with E-state index >= 15 is 0 Å². The molecule has 6 heteroatoms. The fraction of sp³-hybridized carbons (Fsp3) is 0.385. The minimum atomic E-state index is -0.645. The van der Waals surface area contributed by atoms with Crippen LogP contribution in [0.15, 0.2) is 18.2 Å². The van der Waals surface area contributed by atoms with Crippen molar-refractivity contribution in [1.82, 2.24) is 0 Å². The number of nitrogens with one attached hydrogen (secondary N) is 2. The Hall–Kier alpha value is -2.11. The smallest absolute Gasteiger partial charge is 0.412 e. The van der Waals surface area contributed by atoms with E-state index in [9.17, 15) is 14.0 Å². The van der Waals surface area contributed by atoms with Crippen molar-refractivity contribution in [3.8, 4) is 0 Å². The second-order valence-corrected chi connectivity index (χ2v) is 5.00. The number of ether oxygens (including phenoxy) is 1. The van der Waals surface area contributed by atoms with Crippen molar-refractivity contribution in [3.63, 3.8) is 0 Å². The quantitative estimate of drug-likeness (QED) is 0.865. The summed E-state index contributed by atoms with van der Waals surface area (Å²) in [5, 5.41) is 4.79. The lowest BCUT2D eigenvalue weighted by atomic mass is 10.2. The highest BCUT2D eigenvalue weighted by Crippen LogP contribution is 2.20. The van der Waals surface area contributed by atoms with E-state index in [1.165, 1.54) is 19.1 Å². The fourth-order valence-corrected chi connectivity index (χ4v) is 1.31. The molecule has 0 radical (unpaired) electrons. The summed E-state index contributed by atoms with van der Waals surface area (Å²) in [6.07, 6.45) is -0.645. The molecule has 0 aliphatic heterocycles. The van der Waals surface area contributed by atoms with Crippen LogP contribution in [0.25, 0.3) is 0 Å². The Morgan fingerprint density at radius 3 is 2.37 bits per heavy atom. The second kappa shape index (κ2) is 5.69. The number of rotatable bonds is 2. The second-order valence-electron chi connectivity index (χ2n) is 5.00. The van der Waals surface area contributed by atoms with Gasteiger partial charge in [0, 0.05) is 12.6 Å². The van der Waals surface area contributed by atoms with E-state index in [0.29, 0.717) is 5.69 Å². The molecule has 0 aliphatic carbocycles. The topological polar surface area (TPSA) is 67.4 Å². The number of hydrogen-bond donors (Lipinski definition) is 2. The van der Waals surface area contributed by atoms with E-state index in [2.05, 4.69) is 10.6 Å². The zero-order valence-electron chi connectivity index (χ0n) is 11.3. The zero-order chi connectivity index (χ0) is 14.6. The summed E-state index contributed by atoms with van der Waals surface area (Å²) in [6.45, 7) is 6.48. The van der Waals surface area contributed by atoms with Crippen molar-refractivity contribution in [2.75, 3.05) is 10.6 Å². The molecule has 0 bridgehead atoms. The molecule has 0 unspecified atom stereocenters. The predicted octanol–water partition coefficient (Wildman–Crippen LogP) is 3.13. The largest absolute Gasteiger partial charge is 0.444 e. The van der Waals surface area contributed by atoms with E-state index in [-0.39, 0.29) is 5.69 Å². The minimum Gasteiger partial charge on any atom is -0.444 e. The molecule has 0 fully saturated rings. The van der Waals surface area contributed by atoms with E-state index < -0.39 is 23.4 Å². The highest BCUT2D eigenvalue weighted by molar-refractivity contribution is 5.91. The Kier molecular flexibility index (Phi) is 4.47. The molecule has 0 aromatic heterocycles. The van der Waals surface area contributed by atoms with Crippen molar-refractivity contribution in [2.45, 2.75) is 33.3 Å². The highest BCUT2D eigenvalue weighted by atomic mass is 19.1. The number of amides is 2. The van der Waals surface area contributed by atoms with Gasteiger partial charge in [0.05, 0.1) is 5.69 Å². The lowest BCUT2D eigenvalue weighted by Crippen LogP contribution is -2.27. The van der Waals surface area contributed by atoms with Crippen molar-refractivity contribution < 1.29 is 18.7 Å². The van der Waals surface area contributed by atoms with Crippen LogP contribution in [0.4, 0.5) is 20.6 Å². The van der Waals surface area contributed by atoms with Gasteiger partial charge in [-0.3, -0.25) is 10.1 Å². The Bertz CT molecular complexity index is 495. The number of anilines is 2. The van der Waals surface area contributed by atoms with Crippen molar-refractivity contribution in [3.05, 3.63) is 24.0 Å². The fourth-order valence-electron chi connectivity index (χ4n) is 1.31. The molecule has 0 aliphatic rings. The van der Waals surface area contributed by atoms with E-state index in [1.807, 2.05) is 0 Å². The van der Waals surface area contributed by atoms with Gasteiger partial charge in [0.15, 0.2) is 0 Å². The lowest BCUT2D eigenvalue weighted by Gasteiger charge is -2.19. The van der Waals surface area contributed by atoms with Gasteiger partial charge in [0.2, 0.25) is 5.91 Å². The van der Waals surface area contributed by atoms with E-state index in [0.717, 1.165) is 6.07 Å². The van der Waals surface area contributed by atoms with E-state index in [4.69, 9.17) is 4.74 Å². The van der Waals surface area contributed by atoms with Gasteiger partial charge in [0.25, 0.3) is 0 Å². The first kappa shape index (κ1) is 14.9. The Morgan fingerprint density at radius 1 is 1.21 bits per heavy atom. The first-order chi connectivity index (χ1) is 8.67. The van der Waals surface area contributed by atoms with E-state index in [1.54, 1.807) is 20.8 Å². The molecule has 19 heavy (non-hydrogen) atoms. The molecule has 0 heterocycles. The normalized spacial score (nSPS) is 10.8. The third-order valence-corrected chi connectivity index (χ3v) is 1.92. The van der Waals surface area contributed by atoms with Crippen LogP contribution in [-0.2, 0) is 9.53 Å². The molecular formula is C13H17FN2O3. The summed E-state index contributed by atoms with van der Waals surface area (Å²) in [5.74, 6) is -0.974. The van der Waals surface area contributed by atoms with Gasteiger partial charge in [-0.25, -0.2) is 9.18 Å². The zero-order valence-corrected chi connectivity index (χ0v) is 11.3. The molecule has 0 saturated heterocycles. The highest BCUT2D eigenvalue weighted by Gasteiger charge is 2.16. The Labute approximate surface area is 111 Å². The average molecular weight is 268 g/mol. The van der Waals surface area contributed by atoms with Gasteiger partial charge < -0.3 is 10.1 Å². The van der Waals surface area contributed by atoms with Crippen LogP contribution in [0, 0.1) is 5.82 Å². The van der Waals surface area contributed by atoms with Crippen LogP contribution in [0.2, 0.25) is 0 Å². The number of benzene rings is 1. The number of carbonyl (C=O) groups is 2. The molecule has 1 rings (SSSR count). The van der Waals surface area contributed by atoms with Crippen molar-refractivity contribution in [2.24, 2.45) is 0 Å². The average Bonchev–Trinajstić information content (AvgIpc) is 2.19. The molecule has 2 N–H and O–H groups in total. The Morgan fingerprint density at radius 2 is 1.84 bits per heavy atom. The van der Waals surface area contributed by atoms with Gasteiger partial charge in [0.1, 0.15) is 11.4 Å². The van der Waals surface area contributed by atoms with Crippen LogP contribution < -0.4 is 10.6 Å². The van der Waals surface area contributed by atoms with Crippen LogP contribution in [0.5, 0.6) is 0 Å². The van der Waals surface area contributed by atoms with Crippen LogP contribution in [0.1, 0.15) is 27.7 Å². The third-order valence-electron chi connectivity index (χ3n) is 1.92. The first-order valence-electron chi connectivity index (χ1n) is 5.74. The number of hydrogen-bond acceptors (Lipinski definition) is 3. The number of carbonyl (C=O) groups excluding carboxylic acids is 2. The summed E-state index contributed by atoms with van der Waals surface area (Å²) in [5.41, 5.74) is -0.287. The predicted molar refractivity (Wildman–Crippen MR) is 70.6 cm³/mol. The summed E-state index contributed by atoms with van der Waals surface area (Å²) in [4.78, 5) is 22.4. The molecule has 0 spiro atoms. The molecule has 1 aromatic rings. The molecule has 1 aromatic carbocycles. The molecule has 104 valence electrons. The number of halogens is 1. The van der Waals surface area contributed by atoms with Crippen LogP contribution >= 0.6 is 0 Å². The van der Waals surface area contributed by atoms with Gasteiger partial charge >= 0.3 is 6.09 Å². The van der Waals surface area contributed by atoms with Crippen LogP contribution in [-0.4, -0.2) is 17.6 Å². The summed E-state index contributed by atoms with van der Waals surface area (Å²) >= 11 is 0. The maximum Gasteiger partial charge on any atom is 0.412 e. The first-order valence-corrected chi connectivity index (χ1v) is 5.74. The Balaban J connectivity index is 2.79. The molecule has 5 nitrogen and oxygen atoms in total. The maximum absolute atomic E-state index is 13.4. The standard InChI is InChI=1S/C13H17FN2O3/c1-8(17)15-11-7-9(5-6-10(11)14)16-12(18)19-13(2,3)4/h5-7H,1-4H3,(H,15,17)(H,16,18). The minimum absolute atomic E-state index is 0.000980. The molecular weight excluding hydrogens is 251 g/mol. The summed E-state index contributed by atoms with van der Waals surface area (Å²) in [7, 11) is 0. The van der Waals surface area contributed by atoms with Gasteiger partial charge in [-0.1, -0.05) is 0 Å². The molecule has 2 amide bonds. The monoisotopic (exact) mass is 268 g/mol.